The minimum absolute atomic E-state index is 0.175. The van der Waals surface area contributed by atoms with E-state index in [0.29, 0.717) is 12.5 Å². The van der Waals surface area contributed by atoms with Crippen LogP contribution in [0.4, 0.5) is 5.69 Å². The van der Waals surface area contributed by atoms with Gasteiger partial charge in [0.05, 0.1) is 13.2 Å². The molecule has 0 unspecified atom stereocenters. The SMILES string of the molecule is CCOc1ccc(NCC(=O)N/N=C/C(C)C)cc1. The van der Waals surface area contributed by atoms with Crippen molar-refractivity contribution in [1.29, 1.82) is 0 Å². The largest absolute Gasteiger partial charge is 0.494 e. The Morgan fingerprint density at radius 3 is 2.63 bits per heavy atom. The maximum atomic E-state index is 11.5. The molecule has 0 heterocycles. The van der Waals surface area contributed by atoms with Gasteiger partial charge in [0.1, 0.15) is 5.75 Å². The van der Waals surface area contributed by atoms with Crippen molar-refractivity contribution in [3.63, 3.8) is 0 Å². The van der Waals surface area contributed by atoms with E-state index in [2.05, 4.69) is 15.8 Å². The Balaban J connectivity index is 2.33. The standard InChI is InChI=1S/C14H21N3O2/c1-4-19-13-7-5-12(6-8-13)15-10-14(18)17-16-9-11(2)3/h5-9,11,15H,4,10H2,1-3H3,(H,17,18)/b16-9+. The smallest absolute Gasteiger partial charge is 0.259 e. The lowest BCUT2D eigenvalue weighted by Crippen LogP contribution is -2.26. The highest BCUT2D eigenvalue weighted by molar-refractivity contribution is 5.81. The van der Waals surface area contributed by atoms with Crippen LogP contribution in [0.25, 0.3) is 0 Å². The molecule has 1 aromatic rings. The maximum Gasteiger partial charge on any atom is 0.259 e. The fourth-order valence-corrected chi connectivity index (χ4v) is 1.32. The molecule has 0 aliphatic heterocycles. The second kappa shape index (κ2) is 8.13. The van der Waals surface area contributed by atoms with Gasteiger partial charge in [-0.3, -0.25) is 4.79 Å². The van der Waals surface area contributed by atoms with Crippen LogP contribution in [-0.2, 0) is 4.79 Å². The van der Waals surface area contributed by atoms with E-state index < -0.39 is 0 Å². The van der Waals surface area contributed by atoms with Gasteiger partial charge < -0.3 is 10.1 Å². The first-order chi connectivity index (χ1) is 9.11. The molecule has 0 aliphatic carbocycles. The molecule has 0 saturated heterocycles. The average molecular weight is 263 g/mol. The molecule has 2 N–H and O–H groups in total. The van der Waals surface area contributed by atoms with E-state index in [1.54, 1.807) is 6.21 Å². The molecule has 0 aromatic heterocycles. The van der Waals surface area contributed by atoms with E-state index in [4.69, 9.17) is 4.74 Å². The number of ether oxygens (including phenoxy) is 1. The van der Waals surface area contributed by atoms with Crippen molar-refractivity contribution in [2.75, 3.05) is 18.5 Å². The number of nitrogens with zero attached hydrogens (tertiary/aromatic N) is 1. The lowest BCUT2D eigenvalue weighted by Gasteiger charge is -2.07. The van der Waals surface area contributed by atoms with Crippen LogP contribution in [0.1, 0.15) is 20.8 Å². The molecular weight excluding hydrogens is 242 g/mol. The predicted octanol–water partition coefficient (Wildman–Crippen LogP) is 2.26. The number of benzene rings is 1. The first kappa shape index (κ1) is 15.0. The fourth-order valence-electron chi connectivity index (χ4n) is 1.32. The number of hydrogen-bond donors (Lipinski definition) is 2. The van der Waals surface area contributed by atoms with Crippen LogP contribution in [0, 0.1) is 5.92 Å². The van der Waals surface area contributed by atoms with Gasteiger partial charge in [0, 0.05) is 11.9 Å². The van der Waals surface area contributed by atoms with E-state index >= 15 is 0 Å². The predicted molar refractivity (Wildman–Crippen MR) is 77.6 cm³/mol. The van der Waals surface area contributed by atoms with Gasteiger partial charge in [-0.15, -0.1) is 0 Å². The first-order valence-electron chi connectivity index (χ1n) is 6.40. The number of carbonyl (C=O) groups excluding carboxylic acids is 1. The number of rotatable bonds is 7. The number of anilines is 1. The Morgan fingerprint density at radius 2 is 2.05 bits per heavy atom. The Kier molecular flexibility index (Phi) is 6.43. The third-order valence-corrected chi connectivity index (χ3v) is 2.18. The van der Waals surface area contributed by atoms with Gasteiger partial charge >= 0.3 is 0 Å². The summed E-state index contributed by atoms with van der Waals surface area (Å²) in [6.45, 7) is 6.75. The van der Waals surface area contributed by atoms with Crippen LogP contribution < -0.4 is 15.5 Å². The van der Waals surface area contributed by atoms with Crippen LogP contribution in [0.15, 0.2) is 29.4 Å². The highest BCUT2D eigenvalue weighted by atomic mass is 16.5. The third kappa shape index (κ3) is 6.45. The normalized spacial score (nSPS) is 10.7. The van der Waals surface area contributed by atoms with E-state index in [1.165, 1.54) is 0 Å². The van der Waals surface area contributed by atoms with Gasteiger partial charge in [-0.2, -0.15) is 5.10 Å². The number of nitrogens with one attached hydrogen (secondary N) is 2. The lowest BCUT2D eigenvalue weighted by molar-refractivity contribution is -0.119. The van der Waals surface area contributed by atoms with Crippen LogP contribution in [-0.4, -0.2) is 25.3 Å². The zero-order valence-corrected chi connectivity index (χ0v) is 11.6. The van der Waals surface area contributed by atoms with E-state index in [-0.39, 0.29) is 12.5 Å². The molecule has 1 aromatic carbocycles. The van der Waals surface area contributed by atoms with Crippen LogP contribution >= 0.6 is 0 Å². The second-order valence-corrected chi connectivity index (χ2v) is 4.37. The quantitative estimate of drug-likeness (QED) is 0.586. The summed E-state index contributed by atoms with van der Waals surface area (Å²) >= 11 is 0. The molecule has 0 fully saturated rings. The summed E-state index contributed by atoms with van der Waals surface area (Å²) < 4.78 is 5.34. The van der Waals surface area contributed by atoms with E-state index in [0.717, 1.165) is 11.4 Å². The minimum Gasteiger partial charge on any atom is -0.494 e. The molecule has 0 aliphatic rings. The molecule has 0 atom stereocenters. The van der Waals surface area contributed by atoms with Crippen molar-refractivity contribution in [2.24, 2.45) is 11.0 Å². The van der Waals surface area contributed by atoms with Crippen molar-refractivity contribution in [2.45, 2.75) is 20.8 Å². The van der Waals surface area contributed by atoms with Gasteiger partial charge in [-0.25, -0.2) is 5.43 Å². The minimum atomic E-state index is -0.175. The van der Waals surface area contributed by atoms with Crippen molar-refractivity contribution in [1.82, 2.24) is 5.43 Å². The molecule has 0 radical (unpaired) electrons. The highest BCUT2D eigenvalue weighted by Crippen LogP contribution is 2.15. The summed E-state index contributed by atoms with van der Waals surface area (Å²) in [5.74, 6) is 0.962. The van der Waals surface area contributed by atoms with E-state index in [1.807, 2.05) is 45.0 Å². The van der Waals surface area contributed by atoms with Crippen LogP contribution in [0.3, 0.4) is 0 Å². The number of hydrazone groups is 1. The molecule has 0 bridgehead atoms. The number of carbonyl (C=O) groups is 1. The number of hydrogen-bond acceptors (Lipinski definition) is 4. The van der Waals surface area contributed by atoms with E-state index in [9.17, 15) is 4.79 Å². The summed E-state index contributed by atoms with van der Waals surface area (Å²) in [4.78, 5) is 11.5. The van der Waals surface area contributed by atoms with Crippen molar-refractivity contribution < 1.29 is 9.53 Å². The third-order valence-electron chi connectivity index (χ3n) is 2.18. The van der Waals surface area contributed by atoms with Gasteiger partial charge in [-0.05, 0) is 37.1 Å². The summed E-state index contributed by atoms with van der Waals surface area (Å²) in [5.41, 5.74) is 3.33. The Morgan fingerprint density at radius 1 is 1.37 bits per heavy atom. The summed E-state index contributed by atoms with van der Waals surface area (Å²) in [5, 5.41) is 6.85. The van der Waals surface area contributed by atoms with Crippen LogP contribution in [0.2, 0.25) is 0 Å². The zero-order valence-electron chi connectivity index (χ0n) is 11.6. The monoisotopic (exact) mass is 263 g/mol. The Hall–Kier alpha value is -2.04. The topological polar surface area (TPSA) is 62.7 Å². The lowest BCUT2D eigenvalue weighted by atomic mass is 10.3. The Labute approximate surface area is 114 Å². The summed E-state index contributed by atoms with van der Waals surface area (Å²) in [6, 6.07) is 7.46. The molecule has 5 heteroatoms. The first-order valence-corrected chi connectivity index (χ1v) is 6.40. The average Bonchev–Trinajstić information content (AvgIpc) is 2.38. The van der Waals surface area contributed by atoms with Crippen molar-refractivity contribution >= 4 is 17.8 Å². The summed E-state index contributed by atoms with van der Waals surface area (Å²) in [6.07, 6.45) is 1.69. The maximum absolute atomic E-state index is 11.5. The Bertz CT molecular complexity index is 413. The van der Waals surface area contributed by atoms with Gasteiger partial charge in [-0.1, -0.05) is 13.8 Å². The molecule has 19 heavy (non-hydrogen) atoms. The second-order valence-electron chi connectivity index (χ2n) is 4.37. The van der Waals surface area contributed by atoms with Crippen LogP contribution in [0.5, 0.6) is 5.75 Å². The fraction of sp³-hybridized carbons (Fsp3) is 0.429. The molecule has 1 amide bonds. The summed E-state index contributed by atoms with van der Waals surface area (Å²) in [7, 11) is 0. The highest BCUT2D eigenvalue weighted by Gasteiger charge is 2.00. The molecule has 0 saturated carbocycles. The zero-order chi connectivity index (χ0) is 14.1. The van der Waals surface area contributed by atoms with Gasteiger partial charge in [0.25, 0.3) is 5.91 Å². The van der Waals surface area contributed by atoms with Crippen molar-refractivity contribution in [3.8, 4) is 5.75 Å². The van der Waals surface area contributed by atoms with Crippen molar-refractivity contribution in [3.05, 3.63) is 24.3 Å². The molecular formula is C14H21N3O2. The molecule has 0 spiro atoms. The van der Waals surface area contributed by atoms with Gasteiger partial charge in [0.15, 0.2) is 0 Å². The molecule has 1 rings (SSSR count). The molecule has 104 valence electrons. The van der Waals surface area contributed by atoms with Gasteiger partial charge in [0.2, 0.25) is 0 Å². The molecule has 5 nitrogen and oxygen atoms in total. The number of amides is 1.